The fourth-order valence-electron chi connectivity index (χ4n) is 1.00. The van der Waals surface area contributed by atoms with E-state index in [9.17, 15) is 4.79 Å². The van der Waals surface area contributed by atoms with Crippen molar-refractivity contribution in [2.75, 3.05) is 39.5 Å². The highest BCUT2D eigenvalue weighted by atomic mass is 16.5. The Morgan fingerprint density at radius 2 is 1.50 bits per heavy atom. The van der Waals surface area contributed by atoms with Gasteiger partial charge in [0.05, 0.1) is 19.8 Å². The van der Waals surface area contributed by atoms with E-state index in [1.165, 1.54) is 0 Å². The summed E-state index contributed by atoms with van der Waals surface area (Å²) in [6, 6.07) is -0.132. The average molecular weight is 232 g/mol. The van der Waals surface area contributed by atoms with Crippen molar-refractivity contribution in [2.45, 2.75) is 26.7 Å². The number of nitrogens with one attached hydrogen (secondary N) is 2. The summed E-state index contributed by atoms with van der Waals surface area (Å²) in [7, 11) is 0. The second-order valence-corrected chi connectivity index (χ2v) is 3.41. The third kappa shape index (κ3) is 11.3. The van der Waals surface area contributed by atoms with E-state index in [1.54, 1.807) is 0 Å². The van der Waals surface area contributed by atoms with E-state index in [0.717, 1.165) is 19.4 Å². The predicted octanol–water partition coefficient (Wildman–Crippen LogP) is 1.14. The number of urea groups is 1. The quantitative estimate of drug-likeness (QED) is 0.555. The fourth-order valence-corrected chi connectivity index (χ4v) is 1.00. The fraction of sp³-hybridized carbons (Fsp3) is 0.909. The summed E-state index contributed by atoms with van der Waals surface area (Å²) in [5, 5.41) is 5.42. The number of ether oxygens (including phenoxy) is 2. The molecule has 0 aromatic carbocycles. The molecule has 0 aliphatic rings. The molecule has 5 heteroatoms. The number of hydrogen-bond acceptors (Lipinski definition) is 3. The molecule has 96 valence electrons. The number of rotatable bonds is 10. The molecule has 0 saturated carbocycles. The molecule has 0 heterocycles. The van der Waals surface area contributed by atoms with Crippen molar-refractivity contribution in [3.8, 4) is 0 Å². The lowest BCUT2D eigenvalue weighted by Gasteiger charge is -2.07. The Morgan fingerprint density at radius 1 is 0.875 bits per heavy atom. The van der Waals surface area contributed by atoms with Crippen molar-refractivity contribution in [1.29, 1.82) is 0 Å². The van der Waals surface area contributed by atoms with Gasteiger partial charge in [0.2, 0.25) is 0 Å². The summed E-state index contributed by atoms with van der Waals surface area (Å²) >= 11 is 0. The molecule has 0 aromatic rings. The van der Waals surface area contributed by atoms with Crippen molar-refractivity contribution in [2.24, 2.45) is 0 Å². The number of hydrogen-bond donors (Lipinski definition) is 2. The molecule has 2 amide bonds. The molecule has 0 bridgehead atoms. The zero-order valence-corrected chi connectivity index (χ0v) is 10.4. The molecule has 0 radical (unpaired) electrons. The summed E-state index contributed by atoms with van der Waals surface area (Å²) in [6.45, 7) is 7.82. The highest BCUT2D eigenvalue weighted by molar-refractivity contribution is 5.73. The first-order valence-corrected chi connectivity index (χ1v) is 5.98. The van der Waals surface area contributed by atoms with Gasteiger partial charge in [-0.25, -0.2) is 4.79 Å². The number of amides is 2. The van der Waals surface area contributed by atoms with Crippen molar-refractivity contribution < 1.29 is 14.3 Å². The Kier molecular flexibility index (Phi) is 11.6. The second-order valence-electron chi connectivity index (χ2n) is 3.41. The van der Waals surface area contributed by atoms with Gasteiger partial charge < -0.3 is 20.1 Å². The van der Waals surface area contributed by atoms with E-state index >= 15 is 0 Å². The van der Waals surface area contributed by atoms with Gasteiger partial charge in [-0.15, -0.1) is 0 Å². The third-order valence-corrected chi connectivity index (χ3v) is 1.79. The lowest BCUT2D eigenvalue weighted by atomic mass is 10.5. The molecule has 0 unspecified atom stereocenters. The Labute approximate surface area is 97.9 Å². The van der Waals surface area contributed by atoms with Gasteiger partial charge >= 0.3 is 6.03 Å². The van der Waals surface area contributed by atoms with Crippen LogP contribution in [-0.2, 0) is 9.47 Å². The summed E-state index contributed by atoms with van der Waals surface area (Å²) in [4.78, 5) is 11.1. The molecule has 0 aliphatic carbocycles. The van der Waals surface area contributed by atoms with Crippen LogP contribution in [0.3, 0.4) is 0 Å². The van der Waals surface area contributed by atoms with Crippen molar-refractivity contribution in [1.82, 2.24) is 10.6 Å². The van der Waals surface area contributed by atoms with Crippen molar-refractivity contribution in [3.63, 3.8) is 0 Å². The Hall–Kier alpha value is -0.810. The minimum absolute atomic E-state index is 0.132. The zero-order chi connectivity index (χ0) is 12.1. The SMILES string of the molecule is CCCNC(=O)NCCOCCOCCC. The van der Waals surface area contributed by atoms with Gasteiger partial charge in [-0.05, 0) is 12.8 Å². The van der Waals surface area contributed by atoms with Gasteiger partial charge in [-0.3, -0.25) is 0 Å². The maximum atomic E-state index is 11.1. The molecule has 0 rings (SSSR count). The van der Waals surface area contributed by atoms with E-state index < -0.39 is 0 Å². The van der Waals surface area contributed by atoms with Crippen LogP contribution in [0.2, 0.25) is 0 Å². The summed E-state index contributed by atoms with van der Waals surface area (Å²) in [5.41, 5.74) is 0. The monoisotopic (exact) mass is 232 g/mol. The normalized spacial score (nSPS) is 10.1. The van der Waals surface area contributed by atoms with Crippen molar-refractivity contribution >= 4 is 6.03 Å². The Balaban J connectivity index is 3.05. The molecule has 2 N–H and O–H groups in total. The Morgan fingerprint density at radius 3 is 2.12 bits per heavy atom. The van der Waals surface area contributed by atoms with Gasteiger partial charge in [0.15, 0.2) is 0 Å². The highest BCUT2D eigenvalue weighted by Crippen LogP contribution is 1.81. The standard InChI is InChI=1S/C11H24N2O3/c1-3-5-12-11(14)13-6-8-16-10-9-15-7-4-2/h3-10H2,1-2H3,(H2,12,13,14). The summed E-state index contributed by atoms with van der Waals surface area (Å²) < 4.78 is 10.5. The number of carbonyl (C=O) groups is 1. The topological polar surface area (TPSA) is 59.6 Å². The van der Waals surface area contributed by atoms with E-state index in [1.807, 2.05) is 6.92 Å². The molecular formula is C11H24N2O3. The van der Waals surface area contributed by atoms with Crippen LogP contribution in [0.25, 0.3) is 0 Å². The molecular weight excluding hydrogens is 208 g/mol. The van der Waals surface area contributed by atoms with Gasteiger partial charge in [-0.1, -0.05) is 13.8 Å². The Bertz CT molecular complexity index is 165. The molecule has 0 fully saturated rings. The maximum absolute atomic E-state index is 11.1. The lowest BCUT2D eigenvalue weighted by Crippen LogP contribution is -2.37. The second kappa shape index (κ2) is 12.3. The van der Waals surface area contributed by atoms with Gasteiger partial charge in [0.1, 0.15) is 0 Å². The van der Waals surface area contributed by atoms with Crippen LogP contribution in [0.5, 0.6) is 0 Å². The first-order chi connectivity index (χ1) is 7.81. The summed E-state index contributed by atoms with van der Waals surface area (Å²) in [5.74, 6) is 0. The molecule has 16 heavy (non-hydrogen) atoms. The zero-order valence-electron chi connectivity index (χ0n) is 10.4. The largest absolute Gasteiger partial charge is 0.379 e. The van der Waals surface area contributed by atoms with Crippen molar-refractivity contribution in [3.05, 3.63) is 0 Å². The van der Waals surface area contributed by atoms with Crippen LogP contribution >= 0.6 is 0 Å². The van der Waals surface area contributed by atoms with Crippen LogP contribution in [0.15, 0.2) is 0 Å². The first kappa shape index (κ1) is 15.2. The third-order valence-electron chi connectivity index (χ3n) is 1.79. The number of carbonyl (C=O) groups excluding carboxylic acids is 1. The predicted molar refractivity (Wildman–Crippen MR) is 63.6 cm³/mol. The molecule has 0 aliphatic heterocycles. The minimum atomic E-state index is -0.132. The van der Waals surface area contributed by atoms with Crippen LogP contribution in [0.4, 0.5) is 4.79 Å². The molecule has 0 spiro atoms. The maximum Gasteiger partial charge on any atom is 0.314 e. The summed E-state index contributed by atoms with van der Waals surface area (Å²) in [6.07, 6.45) is 1.97. The molecule has 5 nitrogen and oxygen atoms in total. The van der Waals surface area contributed by atoms with Gasteiger partial charge in [-0.2, -0.15) is 0 Å². The highest BCUT2D eigenvalue weighted by Gasteiger charge is 1.96. The van der Waals surface area contributed by atoms with Gasteiger partial charge in [0.25, 0.3) is 0 Å². The van der Waals surface area contributed by atoms with Crippen LogP contribution in [-0.4, -0.2) is 45.5 Å². The van der Waals surface area contributed by atoms with Crippen LogP contribution in [0, 0.1) is 0 Å². The van der Waals surface area contributed by atoms with E-state index in [-0.39, 0.29) is 6.03 Å². The smallest absolute Gasteiger partial charge is 0.314 e. The molecule has 0 saturated heterocycles. The molecule has 0 atom stereocenters. The molecule has 0 aromatic heterocycles. The van der Waals surface area contributed by atoms with E-state index in [0.29, 0.717) is 32.9 Å². The minimum Gasteiger partial charge on any atom is -0.379 e. The van der Waals surface area contributed by atoms with Crippen LogP contribution in [0.1, 0.15) is 26.7 Å². The van der Waals surface area contributed by atoms with E-state index in [2.05, 4.69) is 17.6 Å². The first-order valence-electron chi connectivity index (χ1n) is 5.98. The lowest BCUT2D eigenvalue weighted by molar-refractivity contribution is 0.0496. The van der Waals surface area contributed by atoms with E-state index in [4.69, 9.17) is 9.47 Å². The van der Waals surface area contributed by atoms with Crippen LogP contribution < -0.4 is 10.6 Å². The average Bonchev–Trinajstić information content (AvgIpc) is 2.30. The van der Waals surface area contributed by atoms with Gasteiger partial charge in [0, 0.05) is 19.7 Å².